The molecule has 0 N–H and O–H groups in total. The molecule has 0 amide bonds. The van der Waals surface area contributed by atoms with Gasteiger partial charge in [0, 0.05) is 30.4 Å². The summed E-state index contributed by atoms with van der Waals surface area (Å²) in [6.45, 7) is 6.93. The second kappa shape index (κ2) is 14.5. The van der Waals surface area contributed by atoms with Gasteiger partial charge in [-0.05, 0) is 48.2 Å². The molecule has 1 aromatic heterocycles. The average molecular weight is 443 g/mol. The molecule has 3 rings (SSSR count). The lowest BCUT2D eigenvalue weighted by Gasteiger charge is -2.25. The molecule has 0 aliphatic carbocycles. The van der Waals surface area contributed by atoms with Gasteiger partial charge in [0.1, 0.15) is 0 Å². The van der Waals surface area contributed by atoms with E-state index in [-0.39, 0.29) is 0 Å². The van der Waals surface area contributed by atoms with Gasteiger partial charge in [0.05, 0.1) is 5.52 Å². The third kappa shape index (κ3) is 8.35. The first-order valence-electron chi connectivity index (χ1n) is 13.2. The molecule has 1 heterocycles. The summed E-state index contributed by atoms with van der Waals surface area (Å²) in [5, 5.41) is 1.20. The molecule has 0 unspecified atom stereocenters. The van der Waals surface area contributed by atoms with E-state index in [1.807, 2.05) is 12.3 Å². The van der Waals surface area contributed by atoms with Gasteiger partial charge in [-0.25, -0.2) is 0 Å². The van der Waals surface area contributed by atoms with E-state index in [0.717, 1.165) is 5.52 Å². The molecule has 3 aromatic rings. The number of unbranched alkanes of at least 4 members (excludes halogenated alkanes) is 8. The number of fused-ring (bicyclic) bond motifs is 1. The molecule has 0 radical (unpaired) electrons. The van der Waals surface area contributed by atoms with Gasteiger partial charge in [0.2, 0.25) is 0 Å². The minimum Gasteiger partial charge on any atom is -0.372 e. The Hall–Kier alpha value is -2.61. The third-order valence-electron chi connectivity index (χ3n) is 6.46. The Morgan fingerprint density at radius 1 is 0.667 bits per heavy atom. The highest BCUT2D eigenvalue weighted by Gasteiger charge is 2.06. The van der Waals surface area contributed by atoms with Crippen LogP contribution in [0.3, 0.4) is 0 Å². The van der Waals surface area contributed by atoms with Crippen molar-refractivity contribution in [3.8, 4) is 0 Å². The van der Waals surface area contributed by atoms with Gasteiger partial charge in [-0.15, -0.1) is 0 Å². The van der Waals surface area contributed by atoms with Crippen LogP contribution in [0, 0.1) is 0 Å². The Kier molecular flexibility index (Phi) is 11.0. The standard InChI is InChI=1S/C31H42N2/c1-3-5-7-9-13-25-33(26-14-10-8-6-4-2)29-21-18-27(19-22-29)17-20-28-23-24-32-31-16-12-11-15-30(28)31/h11-12,15-24H,3-10,13-14,25-26H2,1-2H3/b20-17+. The van der Waals surface area contributed by atoms with E-state index in [9.17, 15) is 0 Å². The van der Waals surface area contributed by atoms with Crippen LogP contribution in [0.2, 0.25) is 0 Å². The Morgan fingerprint density at radius 2 is 1.30 bits per heavy atom. The molecule has 2 heteroatoms. The maximum absolute atomic E-state index is 4.47. The molecule has 0 aliphatic rings. The number of para-hydroxylation sites is 1. The summed E-state index contributed by atoms with van der Waals surface area (Å²) < 4.78 is 0. The first kappa shape index (κ1) is 25.0. The third-order valence-corrected chi connectivity index (χ3v) is 6.46. The lowest BCUT2D eigenvalue weighted by atomic mass is 10.1. The normalized spacial score (nSPS) is 11.5. The molecular formula is C31H42N2. The molecule has 0 fully saturated rings. The molecule has 0 atom stereocenters. The zero-order valence-electron chi connectivity index (χ0n) is 20.8. The van der Waals surface area contributed by atoms with E-state index in [4.69, 9.17) is 0 Å². The molecular weight excluding hydrogens is 400 g/mol. The molecule has 0 spiro atoms. The summed E-state index contributed by atoms with van der Waals surface area (Å²) in [6, 6.07) is 19.6. The zero-order chi connectivity index (χ0) is 23.1. The molecule has 2 aromatic carbocycles. The Bertz CT molecular complexity index is 939. The number of pyridine rings is 1. The van der Waals surface area contributed by atoms with Crippen LogP contribution < -0.4 is 4.90 Å². The van der Waals surface area contributed by atoms with Crippen molar-refractivity contribution >= 4 is 28.7 Å². The first-order chi connectivity index (χ1) is 16.3. The lowest BCUT2D eigenvalue weighted by Crippen LogP contribution is -2.25. The fourth-order valence-electron chi connectivity index (χ4n) is 4.43. The van der Waals surface area contributed by atoms with Crippen LogP contribution in [0.1, 0.15) is 89.2 Å². The van der Waals surface area contributed by atoms with Gasteiger partial charge >= 0.3 is 0 Å². The number of hydrogen-bond donors (Lipinski definition) is 0. The van der Waals surface area contributed by atoms with E-state index in [1.54, 1.807) is 0 Å². The molecule has 0 saturated heterocycles. The quantitative estimate of drug-likeness (QED) is 0.218. The molecule has 0 saturated carbocycles. The minimum absolute atomic E-state index is 1.04. The predicted molar refractivity (Wildman–Crippen MR) is 147 cm³/mol. The van der Waals surface area contributed by atoms with Crippen molar-refractivity contribution in [2.75, 3.05) is 18.0 Å². The van der Waals surface area contributed by atoms with E-state index in [2.05, 4.69) is 84.4 Å². The topological polar surface area (TPSA) is 16.1 Å². The highest BCUT2D eigenvalue weighted by molar-refractivity contribution is 5.90. The number of anilines is 1. The summed E-state index contributed by atoms with van der Waals surface area (Å²) in [7, 11) is 0. The Labute approximate surface area is 201 Å². The zero-order valence-corrected chi connectivity index (χ0v) is 20.8. The van der Waals surface area contributed by atoms with Crippen molar-refractivity contribution in [2.24, 2.45) is 0 Å². The van der Waals surface area contributed by atoms with Crippen molar-refractivity contribution < 1.29 is 0 Å². The molecule has 176 valence electrons. The highest BCUT2D eigenvalue weighted by Crippen LogP contribution is 2.21. The number of nitrogens with zero attached hydrogens (tertiary/aromatic N) is 2. The second-order valence-corrected chi connectivity index (χ2v) is 9.16. The SMILES string of the molecule is CCCCCCCN(CCCCCCC)c1ccc(/C=C/c2ccnc3ccccc23)cc1. The van der Waals surface area contributed by atoms with Gasteiger partial charge < -0.3 is 4.90 Å². The lowest BCUT2D eigenvalue weighted by molar-refractivity contribution is 0.589. The Balaban J connectivity index is 1.63. The van der Waals surface area contributed by atoms with Gasteiger partial charge in [-0.2, -0.15) is 0 Å². The van der Waals surface area contributed by atoms with Crippen LogP contribution in [-0.4, -0.2) is 18.1 Å². The summed E-state index contributed by atoms with van der Waals surface area (Å²) in [5.41, 5.74) is 4.87. The number of rotatable bonds is 15. The summed E-state index contributed by atoms with van der Waals surface area (Å²) in [6.07, 6.45) is 19.7. The maximum atomic E-state index is 4.47. The monoisotopic (exact) mass is 442 g/mol. The van der Waals surface area contributed by atoms with E-state index < -0.39 is 0 Å². The average Bonchev–Trinajstić information content (AvgIpc) is 2.86. The smallest absolute Gasteiger partial charge is 0.0707 e. The van der Waals surface area contributed by atoms with Crippen molar-refractivity contribution in [3.63, 3.8) is 0 Å². The van der Waals surface area contributed by atoms with Gasteiger partial charge in [0.15, 0.2) is 0 Å². The van der Waals surface area contributed by atoms with Gasteiger partial charge in [-0.3, -0.25) is 4.98 Å². The summed E-state index contributed by atoms with van der Waals surface area (Å²) in [4.78, 5) is 7.08. The van der Waals surface area contributed by atoms with E-state index in [0.29, 0.717) is 0 Å². The van der Waals surface area contributed by atoms with Crippen molar-refractivity contribution in [3.05, 3.63) is 71.9 Å². The molecule has 2 nitrogen and oxygen atoms in total. The van der Waals surface area contributed by atoms with Crippen LogP contribution in [-0.2, 0) is 0 Å². The van der Waals surface area contributed by atoms with Crippen LogP contribution in [0.15, 0.2) is 60.8 Å². The maximum Gasteiger partial charge on any atom is 0.0707 e. The Morgan fingerprint density at radius 3 is 1.97 bits per heavy atom. The van der Waals surface area contributed by atoms with E-state index in [1.165, 1.54) is 99.5 Å². The molecule has 0 aliphatic heterocycles. The molecule has 33 heavy (non-hydrogen) atoms. The predicted octanol–water partition coefficient (Wildman–Crippen LogP) is 9.15. The highest BCUT2D eigenvalue weighted by atomic mass is 15.1. The fourth-order valence-corrected chi connectivity index (χ4v) is 4.43. The van der Waals surface area contributed by atoms with Crippen molar-refractivity contribution in [2.45, 2.75) is 78.1 Å². The van der Waals surface area contributed by atoms with Crippen LogP contribution in [0.25, 0.3) is 23.1 Å². The fraction of sp³-hybridized carbons (Fsp3) is 0.452. The summed E-state index contributed by atoms with van der Waals surface area (Å²) in [5.74, 6) is 0. The number of aromatic nitrogens is 1. The second-order valence-electron chi connectivity index (χ2n) is 9.16. The largest absolute Gasteiger partial charge is 0.372 e. The number of benzene rings is 2. The minimum atomic E-state index is 1.04. The van der Waals surface area contributed by atoms with Gasteiger partial charge in [-0.1, -0.05) is 108 Å². The first-order valence-corrected chi connectivity index (χ1v) is 13.2. The molecule has 0 bridgehead atoms. The van der Waals surface area contributed by atoms with Gasteiger partial charge in [0.25, 0.3) is 0 Å². The number of hydrogen-bond acceptors (Lipinski definition) is 2. The van der Waals surface area contributed by atoms with E-state index >= 15 is 0 Å². The van der Waals surface area contributed by atoms with Crippen LogP contribution >= 0.6 is 0 Å². The summed E-state index contributed by atoms with van der Waals surface area (Å²) >= 11 is 0. The van der Waals surface area contributed by atoms with Crippen LogP contribution in [0.4, 0.5) is 5.69 Å². The van der Waals surface area contributed by atoms with Crippen molar-refractivity contribution in [1.82, 2.24) is 4.98 Å². The van der Waals surface area contributed by atoms with Crippen molar-refractivity contribution in [1.29, 1.82) is 0 Å². The van der Waals surface area contributed by atoms with Crippen LogP contribution in [0.5, 0.6) is 0 Å².